The molecule has 1 aromatic carbocycles. The number of methoxy groups -OCH3 is 1. The summed E-state index contributed by atoms with van der Waals surface area (Å²) in [4.78, 5) is 0. The van der Waals surface area contributed by atoms with Gasteiger partial charge in [0.25, 0.3) is 0 Å². The minimum absolute atomic E-state index is 0.731. The fourth-order valence-electron chi connectivity index (χ4n) is 1.35. The van der Waals surface area contributed by atoms with Crippen molar-refractivity contribution in [2.45, 2.75) is 0 Å². The third-order valence-electron chi connectivity index (χ3n) is 2.15. The standard InChI is InChI=1S/C7H9NO.C6H4O/c1-9-7-4-2-3-6(8)5-7;1-2-6-4-3-5(1)7-6/h2-5H,8H2,1H3;1-4H. The Morgan fingerprint density at radius 3 is 1.94 bits per heavy atom. The lowest BCUT2D eigenvalue weighted by atomic mass is 10.3. The smallest absolute Gasteiger partial charge is 0.127 e. The molecule has 0 amide bonds. The molecule has 16 heavy (non-hydrogen) atoms. The van der Waals surface area contributed by atoms with Crippen molar-refractivity contribution in [3.63, 3.8) is 0 Å². The summed E-state index contributed by atoms with van der Waals surface area (Å²) >= 11 is 0. The van der Waals surface area contributed by atoms with Crippen molar-refractivity contribution in [2.75, 3.05) is 12.8 Å². The van der Waals surface area contributed by atoms with E-state index in [1.807, 2.05) is 42.5 Å². The molecule has 0 radical (unpaired) electrons. The first kappa shape index (κ1) is 10.4. The second-order valence-electron chi connectivity index (χ2n) is 3.35. The predicted molar refractivity (Wildman–Crippen MR) is 64.8 cm³/mol. The van der Waals surface area contributed by atoms with Crippen molar-refractivity contribution in [2.24, 2.45) is 0 Å². The second-order valence-corrected chi connectivity index (χ2v) is 3.35. The number of rotatable bonds is 1. The molecule has 0 atom stereocenters. The highest BCUT2D eigenvalue weighted by Gasteiger charge is 1.91. The van der Waals surface area contributed by atoms with Crippen LogP contribution in [0.15, 0.2) is 52.9 Å². The Bertz CT molecular complexity index is 500. The Kier molecular flexibility index (Phi) is 2.96. The van der Waals surface area contributed by atoms with E-state index in [-0.39, 0.29) is 0 Å². The number of nitrogen functional groups attached to an aromatic ring is 1. The quantitative estimate of drug-likeness (QED) is 0.634. The molecule has 0 unspecified atom stereocenters. The van der Waals surface area contributed by atoms with E-state index in [2.05, 4.69) is 0 Å². The average Bonchev–Trinajstić information content (AvgIpc) is 2.94. The number of hydrogen-bond acceptors (Lipinski definition) is 3. The molecule has 3 aromatic rings. The van der Waals surface area contributed by atoms with Gasteiger partial charge in [-0.3, -0.25) is 0 Å². The van der Waals surface area contributed by atoms with Gasteiger partial charge >= 0.3 is 0 Å². The van der Waals surface area contributed by atoms with E-state index >= 15 is 0 Å². The van der Waals surface area contributed by atoms with Gasteiger partial charge in [0.05, 0.1) is 7.11 Å². The summed E-state index contributed by atoms with van der Waals surface area (Å²) in [5, 5.41) is 0. The number of furan rings is 2. The molecule has 0 aliphatic carbocycles. The van der Waals surface area contributed by atoms with E-state index in [9.17, 15) is 0 Å². The summed E-state index contributed by atoms with van der Waals surface area (Å²) in [7, 11) is 1.62. The first-order valence-electron chi connectivity index (χ1n) is 4.95. The van der Waals surface area contributed by atoms with Crippen LogP contribution in [0, 0.1) is 0 Å². The van der Waals surface area contributed by atoms with Gasteiger partial charge in [-0.1, -0.05) is 6.07 Å². The molecule has 0 fully saturated rings. The van der Waals surface area contributed by atoms with Crippen molar-refractivity contribution < 1.29 is 9.15 Å². The van der Waals surface area contributed by atoms with Crippen LogP contribution in [0.2, 0.25) is 0 Å². The number of fused-ring (bicyclic) bond motifs is 2. The lowest BCUT2D eigenvalue weighted by Crippen LogP contribution is -1.86. The van der Waals surface area contributed by atoms with Gasteiger partial charge in [-0.2, -0.15) is 0 Å². The highest BCUT2D eigenvalue weighted by Crippen LogP contribution is 2.14. The average molecular weight is 215 g/mol. The van der Waals surface area contributed by atoms with Gasteiger partial charge in [0.15, 0.2) is 0 Å². The predicted octanol–water partition coefficient (Wildman–Crippen LogP) is 3.15. The van der Waals surface area contributed by atoms with Crippen molar-refractivity contribution in [3.8, 4) is 5.75 Å². The molecular formula is C13H13NO2. The lowest BCUT2D eigenvalue weighted by Gasteiger charge is -1.97. The molecule has 0 saturated heterocycles. The van der Waals surface area contributed by atoms with Crippen LogP contribution in [0.25, 0.3) is 11.2 Å². The third kappa shape index (κ3) is 2.45. The molecule has 3 heteroatoms. The Balaban J connectivity index is 0.000000123. The Hall–Kier alpha value is -2.16. The van der Waals surface area contributed by atoms with Crippen LogP contribution in [0.1, 0.15) is 0 Å². The summed E-state index contributed by atoms with van der Waals surface area (Å²) in [5.74, 6) is 0.801. The largest absolute Gasteiger partial charge is 0.497 e. The maximum Gasteiger partial charge on any atom is 0.127 e. The highest BCUT2D eigenvalue weighted by molar-refractivity contribution is 5.59. The maximum absolute atomic E-state index is 5.45. The molecule has 2 heterocycles. The molecule has 2 N–H and O–H groups in total. The molecule has 3 rings (SSSR count). The first-order valence-corrected chi connectivity index (χ1v) is 4.95. The first-order chi connectivity index (χ1) is 7.78. The van der Waals surface area contributed by atoms with Crippen LogP contribution < -0.4 is 10.5 Å². The number of benzene rings is 2. The number of hydrogen-bond donors (Lipinski definition) is 1. The van der Waals surface area contributed by atoms with Crippen LogP contribution in [0.5, 0.6) is 5.75 Å². The fourth-order valence-corrected chi connectivity index (χ4v) is 1.35. The molecule has 0 saturated carbocycles. The van der Waals surface area contributed by atoms with Crippen molar-refractivity contribution in [3.05, 3.63) is 48.5 Å². The summed E-state index contributed by atoms with van der Waals surface area (Å²) in [6.45, 7) is 0. The Morgan fingerprint density at radius 1 is 1.00 bits per heavy atom. The van der Waals surface area contributed by atoms with Gasteiger partial charge in [0.1, 0.15) is 16.9 Å². The minimum atomic E-state index is 0.731. The molecule has 0 aliphatic rings. The van der Waals surface area contributed by atoms with Crippen LogP contribution in [-0.4, -0.2) is 7.11 Å². The van der Waals surface area contributed by atoms with Crippen molar-refractivity contribution in [1.82, 2.24) is 0 Å². The van der Waals surface area contributed by atoms with Crippen LogP contribution in [-0.2, 0) is 0 Å². The summed E-state index contributed by atoms with van der Waals surface area (Å²) in [6, 6.07) is 15.1. The van der Waals surface area contributed by atoms with Gasteiger partial charge in [0.2, 0.25) is 0 Å². The minimum Gasteiger partial charge on any atom is -0.497 e. The zero-order chi connectivity index (χ0) is 11.4. The van der Waals surface area contributed by atoms with Crippen molar-refractivity contribution >= 4 is 16.9 Å². The number of ether oxygens (including phenoxy) is 1. The molecule has 3 nitrogen and oxygen atoms in total. The monoisotopic (exact) mass is 215 g/mol. The van der Waals surface area contributed by atoms with E-state index in [1.54, 1.807) is 13.2 Å². The SMILES string of the molecule is COc1cccc(N)c1.c1cc2ccc1o2. The van der Waals surface area contributed by atoms with Crippen LogP contribution in [0.4, 0.5) is 5.69 Å². The Labute approximate surface area is 93.8 Å². The number of anilines is 1. The molecule has 0 spiro atoms. The van der Waals surface area contributed by atoms with Crippen LogP contribution in [0.3, 0.4) is 0 Å². The van der Waals surface area contributed by atoms with Gasteiger partial charge in [-0.05, 0) is 36.4 Å². The second kappa shape index (κ2) is 4.57. The van der Waals surface area contributed by atoms with Gasteiger partial charge in [-0.15, -0.1) is 0 Å². The molecule has 2 bridgehead atoms. The van der Waals surface area contributed by atoms with Gasteiger partial charge < -0.3 is 14.9 Å². The highest BCUT2D eigenvalue weighted by atomic mass is 16.5. The maximum atomic E-state index is 5.45. The third-order valence-corrected chi connectivity index (χ3v) is 2.15. The molecular weight excluding hydrogens is 202 g/mol. The molecule has 0 aliphatic heterocycles. The molecule has 2 aromatic heterocycles. The fraction of sp³-hybridized carbons (Fsp3) is 0.0769. The summed E-state index contributed by atoms with van der Waals surface area (Å²) in [5.41, 5.74) is 8.12. The van der Waals surface area contributed by atoms with E-state index in [1.165, 1.54) is 0 Å². The molecule has 82 valence electrons. The van der Waals surface area contributed by atoms with Gasteiger partial charge in [-0.25, -0.2) is 0 Å². The van der Waals surface area contributed by atoms with Gasteiger partial charge in [0, 0.05) is 11.8 Å². The van der Waals surface area contributed by atoms with E-state index in [4.69, 9.17) is 14.9 Å². The van der Waals surface area contributed by atoms with Crippen LogP contribution >= 0.6 is 0 Å². The van der Waals surface area contributed by atoms with E-state index < -0.39 is 0 Å². The summed E-state index contributed by atoms with van der Waals surface area (Å²) in [6.07, 6.45) is 0. The normalized spacial score (nSPS) is 9.81. The number of nitrogens with two attached hydrogens (primary N) is 1. The Morgan fingerprint density at radius 2 is 1.62 bits per heavy atom. The van der Waals surface area contributed by atoms with Crippen molar-refractivity contribution in [1.29, 1.82) is 0 Å². The zero-order valence-corrected chi connectivity index (χ0v) is 9.01. The zero-order valence-electron chi connectivity index (χ0n) is 9.01. The van der Waals surface area contributed by atoms with E-state index in [0.717, 1.165) is 22.6 Å². The van der Waals surface area contributed by atoms with E-state index in [0.29, 0.717) is 0 Å². The topological polar surface area (TPSA) is 48.4 Å². The summed E-state index contributed by atoms with van der Waals surface area (Å²) < 4.78 is 10.00. The lowest BCUT2D eigenvalue weighted by molar-refractivity contribution is 0.415.